The summed E-state index contributed by atoms with van der Waals surface area (Å²) in [4.78, 5) is 4.69. The molecule has 1 N–H and O–H groups in total. The van der Waals surface area contributed by atoms with Crippen molar-refractivity contribution in [2.45, 2.75) is 58.0 Å². The quantitative estimate of drug-likeness (QED) is 0.491. The van der Waals surface area contributed by atoms with Crippen molar-refractivity contribution >= 4 is 11.3 Å². The first-order valence-electron chi connectivity index (χ1n) is 10.7. The smallest absolute Gasteiger partial charge is 0.123 e. The fraction of sp³-hybridized carbons (Fsp3) is 0.609. The predicted molar refractivity (Wildman–Crippen MR) is 117 cm³/mol. The Labute approximate surface area is 173 Å². The average Bonchev–Trinajstić information content (AvgIpc) is 3.05. The summed E-state index contributed by atoms with van der Waals surface area (Å²) in [6.07, 6.45) is 10.7. The summed E-state index contributed by atoms with van der Waals surface area (Å²) in [6, 6.07) is 8.04. The van der Waals surface area contributed by atoms with Crippen LogP contribution in [0.3, 0.4) is 0 Å². The van der Waals surface area contributed by atoms with Gasteiger partial charge in [0, 0.05) is 17.6 Å². The predicted octanol–water partition coefficient (Wildman–Crippen LogP) is 5.68. The number of nitrogens with one attached hydrogen (secondary N) is 1. The third-order valence-electron chi connectivity index (χ3n) is 5.42. The number of methoxy groups -OCH3 is 1. The van der Waals surface area contributed by atoms with E-state index in [1.165, 1.54) is 58.0 Å². The van der Waals surface area contributed by atoms with Gasteiger partial charge in [-0.3, -0.25) is 0 Å². The number of rotatable bonds is 11. The van der Waals surface area contributed by atoms with Crippen LogP contribution in [-0.2, 0) is 11.3 Å². The molecule has 28 heavy (non-hydrogen) atoms. The van der Waals surface area contributed by atoms with Gasteiger partial charge in [0.2, 0.25) is 0 Å². The molecule has 0 aliphatic carbocycles. The largest absolute Gasteiger partial charge is 0.497 e. The summed E-state index contributed by atoms with van der Waals surface area (Å²) in [5.74, 6) is 1.77. The molecule has 1 aliphatic rings. The second-order valence-electron chi connectivity index (χ2n) is 7.70. The molecule has 5 heteroatoms. The molecule has 2 heterocycles. The van der Waals surface area contributed by atoms with Crippen molar-refractivity contribution < 1.29 is 9.47 Å². The molecule has 154 valence electrons. The third-order valence-corrected chi connectivity index (χ3v) is 6.36. The molecule has 1 atom stereocenters. The second-order valence-corrected chi connectivity index (χ2v) is 8.56. The van der Waals surface area contributed by atoms with Crippen molar-refractivity contribution in [3.05, 3.63) is 35.3 Å². The van der Waals surface area contributed by atoms with Crippen molar-refractivity contribution in [2.24, 2.45) is 5.92 Å². The van der Waals surface area contributed by atoms with Crippen molar-refractivity contribution in [1.29, 1.82) is 0 Å². The van der Waals surface area contributed by atoms with E-state index in [0.29, 0.717) is 6.61 Å². The summed E-state index contributed by atoms with van der Waals surface area (Å²) in [5.41, 5.74) is 2.11. The molecule has 1 aliphatic heterocycles. The number of hydrogen-bond donors (Lipinski definition) is 1. The van der Waals surface area contributed by atoms with Gasteiger partial charge >= 0.3 is 0 Å². The Morgan fingerprint density at radius 3 is 3.04 bits per heavy atom. The minimum atomic E-state index is 0.605. The van der Waals surface area contributed by atoms with E-state index in [1.807, 2.05) is 18.2 Å². The van der Waals surface area contributed by atoms with E-state index < -0.39 is 0 Å². The number of unbranched alkanes of at least 4 members (excludes halogenated alkanes) is 3. The van der Waals surface area contributed by atoms with Gasteiger partial charge in [-0.15, -0.1) is 11.3 Å². The topological polar surface area (TPSA) is 43.4 Å². The van der Waals surface area contributed by atoms with Crippen LogP contribution in [0.1, 0.15) is 57.1 Å². The monoisotopic (exact) mass is 402 g/mol. The molecular formula is C23H34N2O2S. The maximum Gasteiger partial charge on any atom is 0.123 e. The molecule has 2 aromatic rings. The van der Waals surface area contributed by atoms with Crippen LogP contribution in [0.25, 0.3) is 10.6 Å². The lowest BCUT2D eigenvalue weighted by atomic mass is 9.96. The minimum Gasteiger partial charge on any atom is -0.497 e. The first-order chi connectivity index (χ1) is 13.8. The number of aromatic nitrogens is 1. The molecule has 1 fully saturated rings. The van der Waals surface area contributed by atoms with E-state index in [1.54, 1.807) is 18.4 Å². The van der Waals surface area contributed by atoms with Gasteiger partial charge in [-0.1, -0.05) is 37.8 Å². The molecule has 1 saturated heterocycles. The Morgan fingerprint density at radius 1 is 1.18 bits per heavy atom. The Hall–Kier alpha value is -1.43. The summed E-state index contributed by atoms with van der Waals surface area (Å²) >= 11 is 1.66. The van der Waals surface area contributed by atoms with E-state index >= 15 is 0 Å². The zero-order chi connectivity index (χ0) is 19.4. The number of benzene rings is 1. The number of thiazole rings is 1. The Bertz CT molecular complexity index is 681. The van der Waals surface area contributed by atoms with Gasteiger partial charge in [-0.2, -0.15) is 0 Å². The molecule has 1 unspecified atom stereocenters. The van der Waals surface area contributed by atoms with E-state index in [-0.39, 0.29) is 0 Å². The lowest BCUT2D eigenvalue weighted by Gasteiger charge is -2.13. The molecule has 0 bridgehead atoms. The van der Waals surface area contributed by atoms with Crippen LogP contribution >= 0.6 is 11.3 Å². The molecule has 0 amide bonds. The van der Waals surface area contributed by atoms with Gasteiger partial charge in [0.1, 0.15) is 10.8 Å². The van der Waals surface area contributed by atoms with Crippen molar-refractivity contribution in [1.82, 2.24) is 10.3 Å². The molecule has 4 nitrogen and oxygen atoms in total. The zero-order valence-corrected chi connectivity index (χ0v) is 17.9. The highest BCUT2D eigenvalue weighted by Crippen LogP contribution is 2.27. The summed E-state index contributed by atoms with van der Waals surface area (Å²) in [6.45, 7) is 3.88. The SMILES string of the molecule is COc1cccc(-c2nc(COCCCCCCC3CCCCNC3)cs2)c1. The van der Waals surface area contributed by atoms with Crippen LogP contribution < -0.4 is 10.1 Å². The normalized spacial score (nSPS) is 17.4. The fourth-order valence-corrected chi connectivity index (χ4v) is 4.57. The van der Waals surface area contributed by atoms with Crippen molar-refractivity contribution in [2.75, 3.05) is 26.8 Å². The Balaban J connectivity index is 1.26. The van der Waals surface area contributed by atoms with Crippen LogP contribution in [0.15, 0.2) is 29.6 Å². The van der Waals surface area contributed by atoms with E-state index in [4.69, 9.17) is 14.5 Å². The zero-order valence-electron chi connectivity index (χ0n) is 17.1. The van der Waals surface area contributed by atoms with Crippen molar-refractivity contribution in [3.63, 3.8) is 0 Å². The molecule has 0 spiro atoms. The molecule has 1 aromatic heterocycles. The maximum atomic E-state index is 5.84. The fourth-order valence-electron chi connectivity index (χ4n) is 3.77. The van der Waals surface area contributed by atoms with Crippen molar-refractivity contribution in [3.8, 4) is 16.3 Å². The van der Waals surface area contributed by atoms with Gasteiger partial charge in [0.05, 0.1) is 19.4 Å². The number of ether oxygens (including phenoxy) is 2. The first kappa shape index (κ1) is 21.3. The standard InChI is InChI=1S/C23H34N2O2S/c1-26-22-12-8-11-20(15-22)23-25-21(18-28-23)17-27-14-7-3-2-4-9-19-10-5-6-13-24-16-19/h8,11-12,15,18-19,24H,2-7,9-10,13-14,16-17H2,1H3. The Kier molecular flexibility index (Phi) is 9.27. The van der Waals surface area contributed by atoms with Gasteiger partial charge in [0.25, 0.3) is 0 Å². The second kappa shape index (κ2) is 12.2. The number of nitrogens with zero attached hydrogens (tertiary/aromatic N) is 1. The third kappa shape index (κ3) is 7.19. The molecule has 0 saturated carbocycles. The Morgan fingerprint density at radius 2 is 2.11 bits per heavy atom. The van der Waals surface area contributed by atoms with Crippen LogP contribution in [0.5, 0.6) is 5.75 Å². The summed E-state index contributed by atoms with van der Waals surface area (Å²) in [7, 11) is 1.69. The molecule has 1 aromatic carbocycles. The van der Waals surface area contributed by atoms with E-state index in [0.717, 1.165) is 41.0 Å². The van der Waals surface area contributed by atoms with Gasteiger partial charge in [-0.25, -0.2) is 4.98 Å². The maximum absolute atomic E-state index is 5.84. The van der Waals surface area contributed by atoms with Crippen LogP contribution in [0, 0.1) is 5.92 Å². The average molecular weight is 403 g/mol. The van der Waals surface area contributed by atoms with Crippen LogP contribution in [0.2, 0.25) is 0 Å². The highest BCUT2D eigenvalue weighted by Gasteiger charge is 2.11. The number of hydrogen-bond acceptors (Lipinski definition) is 5. The highest BCUT2D eigenvalue weighted by molar-refractivity contribution is 7.13. The lowest BCUT2D eigenvalue weighted by Crippen LogP contribution is -2.20. The molecular weight excluding hydrogens is 368 g/mol. The molecule has 0 radical (unpaired) electrons. The lowest BCUT2D eigenvalue weighted by molar-refractivity contribution is 0.114. The summed E-state index contributed by atoms with van der Waals surface area (Å²) in [5, 5.41) is 6.68. The van der Waals surface area contributed by atoms with E-state index in [9.17, 15) is 0 Å². The minimum absolute atomic E-state index is 0.605. The van der Waals surface area contributed by atoms with Gasteiger partial charge in [-0.05, 0) is 56.8 Å². The summed E-state index contributed by atoms with van der Waals surface area (Å²) < 4.78 is 11.1. The molecule has 3 rings (SSSR count). The highest BCUT2D eigenvalue weighted by atomic mass is 32.1. The van der Waals surface area contributed by atoms with Gasteiger partial charge in [0.15, 0.2) is 0 Å². The van der Waals surface area contributed by atoms with Crippen LogP contribution in [-0.4, -0.2) is 31.8 Å². The first-order valence-corrected chi connectivity index (χ1v) is 11.6. The van der Waals surface area contributed by atoms with Crippen LogP contribution in [0.4, 0.5) is 0 Å². The van der Waals surface area contributed by atoms with E-state index in [2.05, 4.69) is 16.8 Å². The van der Waals surface area contributed by atoms with Gasteiger partial charge < -0.3 is 14.8 Å².